The van der Waals surface area contributed by atoms with Gasteiger partial charge in [-0.3, -0.25) is 4.79 Å². The van der Waals surface area contributed by atoms with E-state index >= 15 is 0 Å². The molecule has 0 fully saturated rings. The van der Waals surface area contributed by atoms with Crippen molar-refractivity contribution in [1.29, 1.82) is 0 Å². The molecular weight excluding hydrogens is 248 g/mol. The van der Waals surface area contributed by atoms with E-state index in [2.05, 4.69) is 17.5 Å². The fourth-order valence-electron chi connectivity index (χ4n) is 1.03. The average Bonchev–Trinajstić information content (AvgIpc) is 2.19. The normalized spacial score (nSPS) is 9.62. The van der Waals surface area contributed by atoms with Crippen molar-refractivity contribution in [3.05, 3.63) is 28.8 Å². The highest BCUT2D eigenvalue weighted by Gasteiger charge is 2.04. The summed E-state index contributed by atoms with van der Waals surface area (Å²) < 4.78 is 5.22. The molecule has 16 heavy (non-hydrogen) atoms. The van der Waals surface area contributed by atoms with Crippen molar-refractivity contribution in [2.75, 3.05) is 6.61 Å². The third-order valence-corrected chi connectivity index (χ3v) is 2.29. The number of carbonyl (C=O) groups is 1. The molecule has 4 nitrogen and oxygen atoms in total. The minimum Gasteiger partial charge on any atom is -0.484 e. The summed E-state index contributed by atoms with van der Waals surface area (Å²) in [6.07, 6.45) is 0. The van der Waals surface area contributed by atoms with Gasteiger partial charge < -0.3 is 15.8 Å². The standard InChI is InChI=1S/C10H11ClN2O2S/c1-6-4-7(2-3-8(6)11)15-5-9(14)13-10(12)16/h2-4H,5H2,1H3,(H3,12,13,14,16). The number of hydrogen-bond acceptors (Lipinski definition) is 3. The lowest BCUT2D eigenvalue weighted by molar-refractivity contribution is -0.121. The number of thiocarbonyl (C=S) groups is 1. The van der Waals surface area contributed by atoms with Crippen LogP contribution in [0.1, 0.15) is 5.56 Å². The van der Waals surface area contributed by atoms with Crippen molar-refractivity contribution >= 4 is 34.8 Å². The van der Waals surface area contributed by atoms with Gasteiger partial charge in [-0.25, -0.2) is 0 Å². The van der Waals surface area contributed by atoms with Crippen LogP contribution in [0.25, 0.3) is 0 Å². The molecule has 0 bridgehead atoms. The van der Waals surface area contributed by atoms with Gasteiger partial charge in [0.1, 0.15) is 5.75 Å². The Hall–Kier alpha value is -1.33. The summed E-state index contributed by atoms with van der Waals surface area (Å²) in [5, 5.41) is 2.84. The highest BCUT2D eigenvalue weighted by atomic mass is 35.5. The van der Waals surface area contributed by atoms with Crippen LogP contribution in [0.5, 0.6) is 5.75 Å². The zero-order valence-electron chi connectivity index (χ0n) is 8.62. The molecule has 6 heteroatoms. The molecule has 0 aliphatic heterocycles. The summed E-state index contributed by atoms with van der Waals surface area (Å²) in [6, 6.07) is 5.14. The van der Waals surface area contributed by atoms with Crippen LogP contribution < -0.4 is 15.8 Å². The highest BCUT2D eigenvalue weighted by molar-refractivity contribution is 7.80. The first-order chi connectivity index (χ1) is 7.49. The van der Waals surface area contributed by atoms with Gasteiger partial charge in [-0.05, 0) is 42.9 Å². The lowest BCUT2D eigenvalue weighted by Gasteiger charge is -2.07. The molecule has 0 heterocycles. The van der Waals surface area contributed by atoms with E-state index in [1.54, 1.807) is 18.2 Å². The molecule has 0 spiro atoms. The molecule has 1 rings (SSSR count). The summed E-state index contributed by atoms with van der Waals surface area (Å²) in [5.74, 6) is 0.181. The maximum absolute atomic E-state index is 11.1. The third kappa shape index (κ3) is 4.04. The summed E-state index contributed by atoms with van der Waals surface area (Å²) in [7, 11) is 0. The summed E-state index contributed by atoms with van der Waals surface area (Å²) in [6.45, 7) is 1.71. The smallest absolute Gasteiger partial charge is 0.264 e. The molecule has 0 unspecified atom stereocenters. The second-order valence-electron chi connectivity index (χ2n) is 3.11. The van der Waals surface area contributed by atoms with E-state index in [4.69, 9.17) is 22.1 Å². The number of carbonyl (C=O) groups excluding carboxylic acids is 1. The Labute approximate surface area is 104 Å². The first kappa shape index (κ1) is 12.7. The number of halogens is 1. The predicted octanol–water partition coefficient (Wildman–Crippen LogP) is 1.39. The Morgan fingerprint density at radius 1 is 1.62 bits per heavy atom. The second-order valence-corrected chi connectivity index (χ2v) is 3.96. The summed E-state index contributed by atoms with van der Waals surface area (Å²) >= 11 is 10.4. The van der Waals surface area contributed by atoms with Gasteiger partial charge in [-0.1, -0.05) is 11.6 Å². The first-order valence-corrected chi connectivity index (χ1v) is 5.26. The topological polar surface area (TPSA) is 64.3 Å². The predicted molar refractivity (Wildman–Crippen MR) is 66.6 cm³/mol. The number of rotatable bonds is 3. The minimum absolute atomic E-state index is 0.0686. The average molecular weight is 259 g/mol. The molecule has 1 aromatic carbocycles. The molecule has 0 aromatic heterocycles. The van der Waals surface area contributed by atoms with Crippen LogP contribution in [0.3, 0.4) is 0 Å². The van der Waals surface area contributed by atoms with Crippen LogP contribution in [0.4, 0.5) is 0 Å². The van der Waals surface area contributed by atoms with Crippen molar-refractivity contribution in [3.63, 3.8) is 0 Å². The Kier molecular flexibility index (Phi) is 4.52. The number of ether oxygens (including phenoxy) is 1. The number of hydrogen-bond donors (Lipinski definition) is 2. The van der Waals surface area contributed by atoms with Crippen LogP contribution in [0.2, 0.25) is 5.02 Å². The zero-order valence-corrected chi connectivity index (χ0v) is 10.2. The Morgan fingerprint density at radius 3 is 2.88 bits per heavy atom. The molecule has 0 atom stereocenters. The van der Waals surface area contributed by atoms with E-state index in [-0.39, 0.29) is 17.6 Å². The van der Waals surface area contributed by atoms with Crippen LogP contribution in [0, 0.1) is 6.92 Å². The lowest BCUT2D eigenvalue weighted by atomic mass is 10.2. The van der Waals surface area contributed by atoms with Crippen LogP contribution >= 0.6 is 23.8 Å². The third-order valence-electron chi connectivity index (χ3n) is 1.76. The fraction of sp³-hybridized carbons (Fsp3) is 0.200. The monoisotopic (exact) mass is 258 g/mol. The zero-order chi connectivity index (χ0) is 12.1. The molecule has 0 saturated carbocycles. The molecule has 0 saturated heterocycles. The Balaban J connectivity index is 2.51. The first-order valence-electron chi connectivity index (χ1n) is 4.47. The van der Waals surface area contributed by atoms with Crippen LogP contribution in [-0.4, -0.2) is 17.6 Å². The van der Waals surface area contributed by atoms with Gasteiger partial charge in [0, 0.05) is 5.02 Å². The van der Waals surface area contributed by atoms with Crippen molar-refractivity contribution in [2.24, 2.45) is 5.73 Å². The number of aryl methyl sites for hydroxylation is 1. The molecule has 0 radical (unpaired) electrons. The Morgan fingerprint density at radius 2 is 2.31 bits per heavy atom. The summed E-state index contributed by atoms with van der Waals surface area (Å²) in [5.41, 5.74) is 6.02. The number of nitrogens with one attached hydrogen (secondary N) is 1. The highest BCUT2D eigenvalue weighted by Crippen LogP contribution is 2.20. The quantitative estimate of drug-likeness (QED) is 0.805. The van der Waals surface area contributed by atoms with E-state index in [0.717, 1.165) is 5.56 Å². The van der Waals surface area contributed by atoms with Gasteiger partial charge in [-0.15, -0.1) is 0 Å². The number of nitrogens with two attached hydrogens (primary N) is 1. The van der Waals surface area contributed by atoms with Gasteiger partial charge in [0.2, 0.25) is 0 Å². The van der Waals surface area contributed by atoms with Crippen molar-refractivity contribution in [1.82, 2.24) is 5.32 Å². The van der Waals surface area contributed by atoms with Gasteiger partial charge in [0.15, 0.2) is 11.7 Å². The molecule has 86 valence electrons. The maximum atomic E-state index is 11.1. The SMILES string of the molecule is Cc1cc(OCC(=O)NC(N)=S)ccc1Cl. The van der Waals surface area contributed by atoms with E-state index in [1.807, 2.05) is 6.92 Å². The van der Waals surface area contributed by atoms with Crippen LogP contribution in [-0.2, 0) is 4.79 Å². The molecule has 1 amide bonds. The molecule has 1 aromatic rings. The van der Waals surface area contributed by atoms with E-state index in [1.165, 1.54) is 0 Å². The van der Waals surface area contributed by atoms with Gasteiger partial charge in [-0.2, -0.15) is 0 Å². The van der Waals surface area contributed by atoms with Gasteiger partial charge in [0.05, 0.1) is 0 Å². The second kappa shape index (κ2) is 5.67. The van der Waals surface area contributed by atoms with E-state index < -0.39 is 0 Å². The molecule has 3 N–H and O–H groups in total. The Bertz CT molecular complexity index is 423. The van der Waals surface area contributed by atoms with Crippen molar-refractivity contribution < 1.29 is 9.53 Å². The van der Waals surface area contributed by atoms with E-state index in [9.17, 15) is 4.79 Å². The fourth-order valence-corrected chi connectivity index (χ4v) is 1.26. The number of benzene rings is 1. The van der Waals surface area contributed by atoms with Gasteiger partial charge >= 0.3 is 0 Å². The number of amides is 1. The van der Waals surface area contributed by atoms with Crippen molar-refractivity contribution in [3.8, 4) is 5.75 Å². The van der Waals surface area contributed by atoms with Gasteiger partial charge in [0.25, 0.3) is 5.91 Å². The molecule has 0 aliphatic carbocycles. The lowest BCUT2D eigenvalue weighted by Crippen LogP contribution is -2.37. The van der Waals surface area contributed by atoms with Crippen LogP contribution in [0.15, 0.2) is 18.2 Å². The maximum Gasteiger partial charge on any atom is 0.264 e. The molecular formula is C10H11ClN2O2S. The largest absolute Gasteiger partial charge is 0.484 e. The van der Waals surface area contributed by atoms with E-state index in [0.29, 0.717) is 10.8 Å². The summed E-state index contributed by atoms with van der Waals surface area (Å²) in [4.78, 5) is 11.1. The molecule has 0 aliphatic rings. The minimum atomic E-state index is -0.389. The van der Waals surface area contributed by atoms with Crippen molar-refractivity contribution in [2.45, 2.75) is 6.92 Å².